The van der Waals surface area contributed by atoms with Crippen LogP contribution in [0.1, 0.15) is 71.2 Å². The van der Waals surface area contributed by atoms with Crippen LogP contribution in [0.3, 0.4) is 0 Å². The third-order valence-corrected chi connectivity index (χ3v) is 8.39. The first-order valence-electron chi connectivity index (χ1n) is 13.5. The average Bonchev–Trinajstić information content (AvgIpc) is 3.15. The molecule has 1 unspecified atom stereocenters. The van der Waals surface area contributed by atoms with Crippen molar-refractivity contribution in [3.05, 3.63) is 77.4 Å². The van der Waals surface area contributed by atoms with Gasteiger partial charge in [-0.05, 0) is 85.5 Å². The monoisotopic (exact) mass is 500 g/mol. The second-order valence-electron chi connectivity index (χ2n) is 10.8. The number of hydrogen-bond acceptors (Lipinski definition) is 4. The summed E-state index contributed by atoms with van der Waals surface area (Å²) in [5.74, 6) is -0.481. The van der Waals surface area contributed by atoms with E-state index >= 15 is 0 Å². The fourth-order valence-electron chi connectivity index (χ4n) is 6.52. The molecule has 7 heteroatoms. The summed E-state index contributed by atoms with van der Waals surface area (Å²) in [4.78, 5) is 35.0. The highest BCUT2D eigenvalue weighted by molar-refractivity contribution is 6.07. The second kappa shape index (κ2) is 10.2. The van der Waals surface area contributed by atoms with E-state index in [0.717, 1.165) is 75.4 Å². The minimum absolute atomic E-state index is 0.0898. The van der Waals surface area contributed by atoms with Gasteiger partial charge in [-0.2, -0.15) is 0 Å². The van der Waals surface area contributed by atoms with E-state index in [-0.39, 0.29) is 23.7 Å². The van der Waals surface area contributed by atoms with Gasteiger partial charge in [0.05, 0.1) is 11.1 Å². The SMILES string of the molecule is O=C(NC1C[C@H]2CC[C@@H](C1)N2Cc1ccc2cc(F)ccc2c1)c1ccncc1C(=O)N1CCCCC1. The van der Waals surface area contributed by atoms with Crippen LogP contribution in [0.5, 0.6) is 0 Å². The number of nitrogens with zero attached hydrogens (tertiary/aromatic N) is 3. The minimum Gasteiger partial charge on any atom is -0.349 e. The molecular weight excluding hydrogens is 467 g/mol. The van der Waals surface area contributed by atoms with Gasteiger partial charge >= 0.3 is 0 Å². The van der Waals surface area contributed by atoms with E-state index < -0.39 is 0 Å². The molecule has 37 heavy (non-hydrogen) atoms. The fraction of sp³-hybridized carbons (Fsp3) is 0.433. The van der Waals surface area contributed by atoms with Crippen molar-refractivity contribution in [3.63, 3.8) is 0 Å². The number of pyridine rings is 1. The lowest BCUT2D eigenvalue weighted by molar-refractivity contribution is 0.0713. The highest BCUT2D eigenvalue weighted by Crippen LogP contribution is 2.37. The summed E-state index contributed by atoms with van der Waals surface area (Å²) in [7, 11) is 0. The maximum atomic E-state index is 13.5. The van der Waals surface area contributed by atoms with Gasteiger partial charge in [-0.3, -0.25) is 19.5 Å². The van der Waals surface area contributed by atoms with Crippen molar-refractivity contribution in [2.45, 2.75) is 69.6 Å². The summed E-state index contributed by atoms with van der Waals surface area (Å²) >= 11 is 0. The average molecular weight is 501 g/mol. The Balaban J connectivity index is 1.12. The lowest BCUT2D eigenvalue weighted by Crippen LogP contribution is -2.50. The van der Waals surface area contributed by atoms with Crippen LogP contribution in [-0.4, -0.2) is 57.8 Å². The molecule has 2 aromatic carbocycles. The summed E-state index contributed by atoms with van der Waals surface area (Å²) < 4.78 is 13.5. The van der Waals surface area contributed by atoms with Gasteiger partial charge in [-0.25, -0.2) is 4.39 Å². The summed E-state index contributed by atoms with van der Waals surface area (Å²) in [5, 5.41) is 5.22. The maximum Gasteiger partial charge on any atom is 0.256 e. The van der Waals surface area contributed by atoms with Gasteiger partial charge in [0.2, 0.25) is 0 Å². The molecule has 1 aromatic heterocycles. The van der Waals surface area contributed by atoms with Crippen LogP contribution >= 0.6 is 0 Å². The number of rotatable bonds is 5. The number of aromatic nitrogens is 1. The van der Waals surface area contributed by atoms with Gasteiger partial charge in [0.15, 0.2) is 0 Å². The number of piperidine rings is 2. The largest absolute Gasteiger partial charge is 0.349 e. The number of nitrogens with one attached hydrogen (secondary N) is 1. The molecular formula is C30H33FN4O2. The highest BCUT2D eigenvalue weighted by atomic mass is 19.1. The molecule has 6 nitrogen and oxygen atoms in total. The Labute approximate surface area is 216 Å². The summed E-state index contributed by atoms with van der Waals surface area (Å²) in [6.45, 7) is 2.34. The Morgan fingerprint density at radius 3 is 2.43 bits per heavy atom. The molecule has 3 saturated heterocycles. The topological polar surface area (TPSA) is 65.5 Å². The molecule has 3 aliphatic heterocycles. The zero-order chi connectivity index (χ0) is 25.4. The predicted octanol–water partition coefficient (Wildman–Crippen LogP) is 4.93. The van der Waals surface area contributed by atoms with E-state index in [1.807, 2.05) is 17.0 Å². The number of halogens is 1. The number of amides is 2. The van der Waals surface area contributed by atoms with Crippen LogP contribution in [0.2, 0.25) is 0 Å². The van der Waals surface area contributed by atoms with Crippen molar-refractivity contribution < 1.29 is 14.0 Å². The van der Waals surface area contributed by atoms with Gasteiger partial charge in [-0.1, -0.05) is 18.2 Å². The van der Waals surface area contributed by atoms with Crippen molar-refractivity contribution >= 4 is 22.6 Å². The number of benzene rings is 2. The van der Waals surface area contributed by atoms with E-state index in [1.54, 1.807) is 18.3 Å². The number of carbonyl (C=O) groups excluding carboxylic acids is 2. The summed E-state index contributed by atoms with van der Waals surface area (Å²) in [5.41, 5.74) is 2.06. The number of hydrogen-bond donors (Lipinski definition) is 1. The molecule has 0 aliphatic carbocycles. The molecule has 3 aliphatic rings. The predicted molar refractivity (Wildman–Crippen MR) is 141 cm³/mol. The molecule has 3 atom stereocenters. The molecule has 1 N–H and O–H groups in total. The van der Waals surface area contributed by atoms with Gasteiger partial charge in [-0.15, -0.1) is 0 Å². The lowest BCUT2D eigenvalue weighted by Gasteiger charge is -2.39. The quantitative estimate of drug-likeness (QED) is 0.540. The van der Waals surface area contributed by atoms with Crippen molar-refractivity contribution in [2.75, 3.05) is 13.1 Å². The summed E-state index contributed by atoms with van der Waals surface area (Å²) in [6, 6.07) is 13.8. The number of likely N-dealkylation sites (tertiary alicyclic amines) is 1. The van der Waals surface area contributed by atoms with Crippen molar-refractivity contribution in [1.29, 1.82) is 0 Å². The molecule has 3 aromatic rings. The smallest absolute Gasteiger partial charge is 0.256 e. The van der Waals surface area contributed by atoms with Crippen molar-refractivity contribution in [1.82, 2.24) is 20.1 Å². The highest BCUT2D eigenvalue weighted by Gasteiger charge is 2.41. The van der Waals surface area contributed by atoms with Gasteiger partial charge in [0.25, 0.3) is 11.8 Å². The summed E-state index contributed by atoms with van der Waals surface area (Å²) in [6.07, 6.45) is 10.4. The molecule has 192 valence electrons. The molecule has 0 saturated carbocycles. The van der Waals surface area contributed by atoms with Crippen LogP contribution in [0.25, 0.3) is 10.8 Å². The zero-order valence-corrected chi connectivity index (χ0v) is 21.0. The van der Waals surface area contributed by atoms with E-state index in [4.69, 9.17) is 0 Å². The van der Waals surface area contributed by atoms with E-state index in [9.17, 15) is 14.0 Å². The molecule has 0 radical (unpaired) electrons. The van der Waals surface area contributed by atoms with Crippen LogP contribution in [0.15, 0.2) is 54.9 Å². The lowest BCUT2D eigenvalue weighted by atomic mass is 9.95. The van der Waals surface area contributed by atoms with Crippen LogP contribution < -0.4 is 5.32 Å². The normalized spacial score (nSPS) is 23.8. The number of fused-ring (bicyclic) bond motifs is 3. The maximum absolute atomic E-state index is 13.5. The van der Waals surface area contributed by atoms with Gasteiger partial charge in [0, 0.05) is 50.2 Å². The van der Waals surface area contributed by atoms with E-state index in [0.29, 0.717) is 23.2 Å². The Bertz CT molecular complexity index is 1310. The van der Waals surface area contributed by atoms with Crippen molar-refractivity contribution in [3.8, 4) is 0 Å². The molecule has 4 heterocycles. The molecule has 6 rings (SSSR count). The molecule has 2 bridgehead atoms. The molecule has 0 spiro atoms. The Kier molecular flexibility index (Phi) is 6.63. The first kappa shape index (κ1) is 24.0. The Morgan fingerprint density at radius 1 is 0.919 bits per heavy atom. The van der Waals surface area contributed by atoms with Crippen LogP contribution in [0, 0.1) is 5.82 Å². The molecule has 3 fully saturated rings. The first-order valence-corrected chi connectivity index (χ1v) is 13.5. The first-order chi connectivity index (χ1) is 18.0. The second-order valence-corrected chi connectivity index (χ2v) is 10.8. The third kappa shape index (κ3) is 4.97. The Hall–Kier alpha value is -3.32. The van der Waals surface area contributed by atoms with Crippen LogP contribution in [-0.2, 0) is 6.54 Å². The fourth-order valence-corrected chi connectivity index (χ4v) is 6.52. The van der Waals surface area contributed by atoms with Gasteiger partial charge in [0.1, 0.15) is 5.82 Å². The van der Waals surface area contributed by atoms with E-state index in [1.165, 1.54) is 17.8 Å². The van der Waals surface area contributed by atoms with Gasteiger partial charge < -0.3 is 10.2 Å². The third-order valence-electron chi connectivity index (χ3n) is 8.39. The number of carbonyl (C=O) groups is 2. The zero-order valence-electron chi connectivity index (χ0n) is 21.0. The Morgan fingerprint density at radius 2 is 1.65 bits per heavy atom. The molecule has 2 amide bonds. The van der Waals surface area contributed by atoms with E-state index in [2.05, 4.69) is 27.3 Å². The van der Waals surface area contributed by atoms with Crippen LogP contribution in [0.4, 0.5) is 4.39 Å². The van der Waals surface area contributed by atoms with Crippen molar-refractivity contribution in [2.24, 2.45) is 0 Å². The standard InChI is InChI=1S/C30H33FN4O2/c31-23-7-6-21-14-20(4-5-22(21)15-23)19-35-25-8-9-26(35)17-24(16-25)33-29(36)27-10-11-32-18-28(27)30(37)34-12-2-1-3-13-34/h4-7,10-11,14-15,18,24-26H,1-3,8-9,12-13,16-17,19H2,(H,33,36)/t24?,25-,26+. The minimum atomic E-state index is -0.211.